The maximum atomic E-state index is 12.0. The second-order valence-corrected chi connectivity index (χ2v) is 8.80. The number of hydrogen-bond acceptors (Lipinski definition) is 4. The highest BCUT2D eigenvalue weighted by atomic mass is 32.2. The van der Waals surface area contributed by atoms with E-state index >= 15 is 0 Å². The van der Waals surface area contributed by atoms with Crippen LogP contribution in [0.25, 0.3) is 11.1 Å². The van der Waals surface area contributed by atoms with E-state index in [1.54, 1.807) is 44.4 Å². The van der Waals surface area contributed by atoms with Crippen LogP contribution in [0, 0.1) is 6.92 Å². The van der Waals surface area contributed by atoms with Crippen molar-refractivity contribution in [2.45, 2.75) is 43.6 Å². The summed E-state index contributed by atoms with van der Waals surface area (Å²) in [6, 6.07) is 6.73. The van der Waals surface area contributed by atoms with Crippen molar-refractivity contribution >= 4 is 9.84 Å². The zero-order valence-corrected chi connectivity index (χ0v) is 15.6. The molecule has 0 aliphatic heterocycles. The highest BCUT2D eigenvalue weighted by Gasteiger charge is 2.20. The standard InChI is InChI=1S/C19H23NO4S/c1-13-10-14(12-20(2)19(13)21)17-11-16(25(3,22)23)8-9-18(17)24-15-6-4-5-7-15/h8-12,15H,4-7H2,1-3H3. The fourth-order valence-corrected chi connectivity index (χ4v) is 3.93. The van der Waals surface area contributed by atoms with Crippen molar-refractivity contribution in [2.24, 2.45) is 7.05 Å². The van der Waals surface area contributed by atoms with Gasteiger partial charge in [0.05, 0.1) is 11.0 Å². The van der Waals surface area contributed by atoms with Crippen LogP contribution in [-0.4, -0.2) is 25.3 Å². The molecule has 0 N–H and O–H groups in total. The SMILES string of the molecule is Cc1cc(-c2cc(S(C)(=O)=O)ccc2OC2CCCC2)cn(C)c1=O. The van der Waals surface area contributed by atoms with Gasteiger partial charge in [0.1, 0.15) is 5.75 Å². The maximum Gasteiger partial charge on any atom is 0.253 e. The first kappa shape index (κ1) is 17.7. The van der Waals surface area contributed by atoms with E-state index in [4.69, 9.17) is 4.74 Å². The molecule has 5 nitrogen and oxygen atoms in total. The lowest BCUT2D eigenvalue weighted by molar-refractivity contribution is 0.211. The van der Waals surface area contributed by atoms with Crippen LogP contribution in [-0.2, 0) is 16.9 Å². The molecule has 0 amide bonds. The largest absolute Gasteiger partial charge is 0.490 e. The lowest BCUT2D eigenvalue weighted by Crippen LogP contribution is -2.18. The van der Waals surface area contributed by atoms with Gasteiger partial charge >= 0.3 is 0 Å². The molecule has 1 fully saturated rings. The molecule has 1 saturated carbocycles. The summed E-state index contributed by atoms with van der Waals surface area (Å²) in [5.41, 5.74) is 2.02. The minimum absolute atomic E-state index is 0.0683. The van der Waals surface area contributed by atoms with E-state index in [1.165, 1.54) is 10.8 Å². The summed E-state index contributed by atoms with van der Waals surface area (Å²) in [7, 11) is -1.64. The summed E-state index contributed by atoms with van der Waals surface area (Å²) in [6.07, 6.45) is 7.41. The van der Waals surface area contributed by atoms with Gasteiger partial charge in [-0.15, -0.1) is 0 Å². The molecule has 0 bridgehead atoms. The van der Waals surface area contributed by atoms with E-state index < -0.39 is 9.84 Å². The highest BCUT2D eigenvalue weighted by Crippen LogP contribution is 2.35. The molecule has 0 atom stereocenters. The van der Waals surface area contributed by atoms with Gasteiger partial charge in [0.25, 0.3) is 5.56 Å². The van der Waals surface area contributed by atoms with Gasteiger partial charge in [0.15, 0.2) is 9.84 Å². The number of aromatic nitrogens is 1. The Morgan fingerprint density at radius 1 is 1.16 bits per heavy atom. The molecule has 2 aromatic rings. The van der Waals surface area contributed by atoms with Crippen molar-refractivity contribution in [3.05, 3.63) is 46.4 Å². The molecule has 0 saturated heterocycles. The number of benzene rings is 1. The van der Waals surface area contributed by atoms with Crippen molar-refractivity contribution in [1.82, 2.24) is 4.57 Å². The van der Waals surface area contributed by atoms with E-state index in [9.17, 15) is 13.2 Å². The third-order valence-corrected chi connectivity index (χ3v) is 5.76. The molecule has 1 heterocycles. The minimum atomic E-state index is -3.33. The first-order valence-corrected chi connectivity index (χ1v) is 10.3. The Morgan fingerprint density at radius 2 is 1.84 bits per heavy atom. The lowest BCUT2D eigenvalue weighted by Gasteiger charge is -2.18. The Hall–Kier alpha value is -2.08. The fourth-order valence-electron chi connectivity index (χ4n) is 3.28. The Balaban J connectivity index is 2.14. The average Bonchev–Trinajstić information content (AvgIpc) is 3.04. The minimum Gasteiger partial charge on any atom is -0.490 e. The molecule has 1 aromatic heterocycles. The van der Waals surface area contributed by atoms with E-state index in [1.807, 2.05) is 0 Å². The van der Waals surface area contributed by atoms with Crippen LogP contribution >= 0.6 is 0 Å². The predicted octanol–water partition coefficient (Wildman–Crippen LogP) is 3.09. The number of pyridine rings is 1. The van der Waals surface area contributed by atoms with Crippen LogP contribution < -0.4 is 10.3 Å². The van der Waals surface area contributed by atoms with Crippen LogP contribution in [0.3, 0.4) is 0 Å². The van der Waals surface area contributed by atoms with E-state index in [2.05, 4.69) is 0 Å². The molecule has 25 heavy (non-hydrogen) atoms. The van der Waals surface area contributed by atoms with Gasteiger partial charge in [0.2, 0.25) is 0 Å². The first-order valence-electron chi connectivity index (χ1n) is 8.44. The van der Waals surface area contributed by atoms with Crippen molar-refractivity contribution < 1.29 is 13.2 Å². The monoisotopic (exact) mass is 361 g/mol. The van der Waals surface area contributed by atoms with Crippen LogP contribution in [0.4, 0.5) is 0 Å². The Kier molecular flexibility index (Phi) is 4.73. The number of aryl methyl sites for hydroxylation is 2. The molecule has 0 spiro atoms. The zero-order chi connectivity index (χ0) is 18.2. The van der Waals surface area contributed by atoms with Gasteiger partial charge in [-0.05, 0) is 56.9 Å². The van der Waals surface area contributed by atoms with Crippen LogP contribution in [0.5, 0.6) is 5.75 Å². The normalized spacial score (nSPS) is 15.5. The number of sulfone groups is 1. The van der Waals surface area contributed by atoms with Gasteiger partial charge in [-0.2, -0.15) is 0 Å². The van der Waals surface area contributed by atoms with Crippen molar-refractivity contribution in [3.63, 3.8) is 0 Å². The van der Waals surface area contributed by atoms with Gasteiger partial charge in [-0.3, -0.25) is 4.79 Å². The highest BCUT2D eigenvalue weighted by molar-refractivity contribution is 7.90. The third-order valence-electron chi connectivity index (χ3n) is 4.65. The summed E-state index contributed by atoms with van der Waals surface area (Å²) < 4.78 is 31.6. The van der Waals surface area contributed by atoms with E-state index in [0.717, 1.165) is 31.2 Å². The number of ether oxygens (including phenoxy) is 1. The molecular formula is C19H23NO4S. The zero-order valence-electron chi connectivity index (χ0n) is 14.8. The summed E-state index contributed by atoms with van der Waals surface area (Å²) in [5, 5.41) is 0. The first-order chi connectivity index (χ1) is 11.8. The van der Waals surface area contributed by atoms with Gasteiger partial charge in [-0.25, -0.2) is 8.42 Å². The van der Waals surface area contributed by atoms with Crippen molar-refractivity contribution in [2.75, 3.05) is 6.26 Å². The second kappa shape index (κ2) is 6.67. The van der Waals surface area contributed by atoms with Crippen LogP contribution in [0.15, 0.2) is 40.2 Å². The topological polar surface area (TPSA) is 65.4 Å². The molecule has 3 rings (SSSR count). The number of rotatable bonds is 4. The van der Waals surface area contributed by atoms with Crippen LogP contribution in [0.2, 0.25) is 0 Å². The summed E-state index contributed by atoms with van der Waals surface area (Å²) in [4.78, 5) is 12.2. The smallest absolute Gasteiger partial charge is 0.253 e. The molecule has 0 unspecified atom stereocenters. The second-order valence-electron chi connectivity index (χ2n) is 6.78. The van der Waals surface area contributed by atoms with Crippen LogP contribution in [0.1, 0.15) is 31.2 Å². The summed E-state index contributed by atoms with van der Waals surface area (Å²) in [5.74, 6) is 0.664. The number of nitrogens with zero attached hydrogens (tertiary/aromatic N) is 1. The molecule has 1 aliphatic carbocycles. The Labute approximate surface area is 148 Å². The van der Waals surface area contributed by atoms with Gasteiger partial charge in [0, 0.05) is 36.2 Å². The summed E-state index contributed by atoms with van der Waals surface area (Å²) in [6.45, 7) is 1.75. The number of hydrogen-bond donors (Lipinski definition) is 0. The molecular weight excluding hydrogens is 338 g/mol. The Bertz CT molecular complexity index is 928. The summed E-state index contributed by atoms with van der Waals surface area (Å²) >= 11 is 0. The molecule has 0 radical (unpaired) electrons. The average molecular weight is 361 g/mol. The van der Waals surface area contributed by atoms with E-state index in [0.29, 0.717) is 16.9 Å². The van der Waals surface area contributed by atoms with Crippen molar-refractivity contribution in [1.29, 1.82) is 0 Å². The molecule has 134 valence electrons. The molecule has 6 heteroatoms. The predicted molar refractivity (Wildman–Crippen MR) is 97.8 cm³/mol. The molecule has 1 aliphatic rings. The third kappa shape index (κ3) is 3.79. The van der Waals surface area contributed by atoms with Crippen molar-refractivity contribution in [3.8, 4) is 16.9 Å². The fraction of sp³-hybridized carbons (Fsp3) is 0.421. The quantitative estimate of drug-likeness (QED) is 0.839. The maximum absolute atomic E-state index is 12.0. The van der Waals surface area contributed by atoms with E-state index in [-0.39, 0.29) is 16.6 Å². The Morgan fingerprint density at radius 3 is 2.44 bits per heavy atom. The lowest BCUT2D eigenvalue weighted by atomic mass is 10.0. The van der Waals surface area contributed by atoms with Gasteiger partial charge < -0.3 is 9.30 Å². The van der Waals surface area contributed by atoms with Gasteiger partial charge in [-0.1, -0.05) is 0 Å². The molecule has 1 aromatic carbocycles.